The van der Waals surface area contributed by atoms with E-state index in [9.17, 15) is 0 Å². The first-order valence-electron chi connectivity index (χ1n) is 4.32. The van der Waals surface area contributed by atoms with Gasteiger partial charge in [0.2, 0.25) is 0 Å². The van der Waals surface area contributed by atoms with E-state index in [1.807, 2.05) is 19.2 Å². The third-order valence-electron chi connectivity index (χ3n) is 1.88. The third-order valence-corrected chi connectivity index (χ3v) is 3.77. The molecule has 2 aromatic heterocycles. The van der Waals surface area contributed by atoms with Gasteiger partial charge in [-0.05, 0) is 13.8 Å². The van der Waals surface area contributed by atoms with Crippen molar-refractivity contribution in [2.45, 2.75) is 24.8 Å². The van der Waals surface area contributed by atoms with Crippen molar-refractivity contribution in [1.29, 1.82) is 0 Å². The minimum absolute atomic E-state index is 0.574. The summed E-state index contributed by atoms with van der Waals surface area (Å²) in [4.78, 5) is 8.42. The molecule has 3 nitrogen and oxygen atoms in total. The lowest BCUT2D eigenvalue weighted by Gasteiger charge is -1.91. The maximum atomic E-state index is 5.73. The molecule has 0 saturated carbocycles. The summed E-state index contributed by atoms with van der Waals surface area (Å²) in [6, 6.07) is 0. The topological polar surface area (TPSA) is 38.9 Å². The van der Waals surface area contributed by atoms with Crippen LogP contribution < -0.4 is 0 Å². The van der Waals surface area contributed by atoms with Crippen molar-refractivity contribution >= 4 is 34.7 Å². The highest BCUT2D eigenvalue weighted by atomic mass is 35.5. The van der Waals surface area contributed by atoms with Gasteiger partial charge in [-0.25, -0.2) is 9.97 Å². The highest BCUT2D eigenvalue weighted by Gasteiger charge is 2.07. The molecule has 0 spiro atoms. The standard InChI is InChI=1S/C9H9ClN2OS2/c1-5-6(2)13-9(11-5)15-4-7-3-14-8(10)12-7/h3H,4H2,1-2H3. The SMILES string of the molecule is Cc1nc(SCc2csc(Cl)n2)oc1C. The Labute approximate surface area is 101 Å². The molecule has 0 fully saturated rings. The van der Waals surface area contributed by atoms with Gasteiger partial charge >= 0.3 is 0 Å². The predicted octanol–water partition coefficient (Wildman–Crippen LogP) is 3.69. The number of aromatic nitrogens is 2. The fraction of sp³-hybridized carbons (Fsp3) is 0.333. The van der Waals surface area contributed by atoms with E-state index in [4.69, 9.17) is 16.0 Å². The number of aryl methyl sites for hydroxylation is 2. The fourth-order valence-corrected chi connectivity index (χ4v) is 2.68. The maximum Gasteiger partial charge on any atom is 0.256 e. The lowest BCUT2D eigenvalue weighted by molar-refractivity contribution is 0.431. The summed E-state index contributed by atoms with van der Waals surface area (Å²) in [5, 5.41) is 2.63. The molecular formula is C9H9ClN2OS2. The average molecular weight is 261 g/mol. The molecule has 80 valence electrons. The number of nitrogens with zero attached hydrogens (tertiary/aromatic N) is 2. The van der Waals surface area contributed by atoms with Crippen LogP contribution in [0.5, 0.6) is 0 Å². The van der Waals surface area contributed by atoms with Gasteiger partial charge in [0.15, 0.2) is 4.47 Å². The zero-order valence-electron chi connectivity index (χ0n) is 8.28. The normalized spacial score (nSPS) is 10.9. The smallest absolute Gasteiger partial charge is 0.256 e. The van der Waals surface area contributed by atoms with E-state index in [0.29, 0.717) is 9.69 Å². The highest BCUT2D eigenvalue weighted by molar-refractivity contribution is 7.98. The minimum Gasteiger partial charge on any atom is -0.437 e. The number of oxazole rings is 1. The van der Waals surface area contributed by atoms with E-state index in [-0.39, 0.29) is 0 Å². The Kier molecular flexibility index (Phi) is 3.33. The number of thioether (sulfide) groups is 1. The number of thiazole rings is 1. The molecule has 15 heavy (non-hydrogen) atoms. The lowest BCUT2D eigenvalue weighted by Crippen LogP contribution is -1.80. The van der Waals surface area contributed by atoms with Crippen LogP contribution in [0.2, 0.25) is 4.47 Å². The van der Waals surface area contributed by atoms with Crippen molar-refractivity contribution in [3.8, 4) is 0 Å². The summed E-state index contributed by atoms with van der Waals surface area (Å²) in [6.45, 7) is 3.84. The fourth-order valence-electron chi connectivity index (χ4n) is 0.989. The molecule has 2 aromatic rings. The van der Waals surface area contributed by atoms with E-state index in [1.54, 1.807) is 0 Å². The number of rotatable bonds is 3. The first-order chi connectivity index (χ1) is 7.15. The molecule has 0 aliphatic rings. The van der Waals surface area contributed by atoms with Crippen LogP contribution in [-0.2, 0) is 5.75 Å². The van der Waals surface area contributed by atoms with Gasteiger partial charge in [-0.3, -0.25) is 0 Å². The molecule has 0 aromatic carbocycles. The molecule has 0 saturated heterocycles. The van der Waals surface area contributed by atoms with E-state index >= 15 is 0 Å². The Morgan fingerprint density at radius 1 is 1.47 bits per heavy atom. The summed E-state index contributed by atoms with van der Waals surface area (Å²) >= 11 is 8.70. The van der Waals surface area contributed by atoms with E-state index in [2.05, 4.69) is 9.97 Å². The Morgan fingerprint density at radius 2 is 2.27 bits per heavy atom. The second-order valence-corrected chi connectivity index (χ2v) is 5.37. The minimum atomic E-state index is 0.574. The average Bonchev–Trinajstić information content (AvgIpc) is 2.72. The zero-order valence-corrected chi connectivity index (χ0v) is 10.7. The van der Waals surface area contributed by atoms with Crippen molar-refractivity contribution in [2.24, 2.45) is 0 Å². The van der Waals surface area contributed by atoms with Gasteiger partial charge in [0.05, 0.1) is 11.4 Å². The molecular weight excluding hydrogens is 252 g/mol. The Hall–Kier alpha value is -0.520. The molecule has 0 bridgehead atoms. The van der Waals surface area contributed by atoms with E-state index in [0.717, 1.165) is 22.9 Å². The lowest BCUT2D eigenvalue weighted by atomic mass is 10.4. The first-order valence-corrected chi connectivity index (χ1v) is 6.56. The van der Waals surface area contributed by atoms with Crippen molar-refractivity contribution in [3.63, 3.8) is 0 Å². The summed E-state index contributed by atoms with van der Waals surface area (Å²) in [6.07, 6.45) is 0. The molecule has 0 unspecified atom stereocenters. The van der Waals surface area contributed by atoms with Crippen LogP contribution in [0.25, 0.3) is 0 Å². The summed E-state index contributed by atoms with van der Waals surface area (Å²) in [7, 11) is 0. The van der Waals surface area contributed by atoms with E-state index in [1.165, 1.54) is 23.1 Å². The zero-order chi connectivity index (χ0) is 10.8. The Morgan fingerprint density at radius 3 is 2.80 bits per heavy atom. The second kappa shape index (κ2) is 4.55. The molecule has 0 atom stereocenters. The van der Waals surface area contributed by atoms with Gasteiger partial charge < -0.3 is 4.42 Å². The number of hydrogen-bond donors (Lipinski definition) is 0. The van der Waals surface area contributed by atoms with Crippen LogP contribution in [0.15, 0.2) is 15.0 Å². The quantitative estimate of drug-likeness (QED) is 0.789. The van der Waals surface area contributed by atoms with Crippen LogP contribution >= 0.6 is 34.7 Å². The molecule has 0 aliphatic carbocycles. The molecule has 0 N–H and O–H groups in total. The van der Waals surface area contributed by atoms with Crippen LogP contribution in [0, 0.1) is 13.8 Å². The van der Waals surface area contributed by atoms with Gasteiger partial charge in [-0.2, -0.15) is 0 Å². The van der Waals surface area contributed by atoms with Crippen molar-refractivity contribution < 1.29 is 4.42 Å². The van der Waals surface area contributed by atoms with Crippen LogP contribution in [0.1, 0.15) is 17.1 Å². The summed E-state index contributed by atoms with van der Waals surface area (Å²) in [5.74, 6) is 1.61. The molecule has 0 radical (unpaired) electrons. The Bertz CT molecular complexity index is 447. The van der Waals surface area contributed by atoms with Crippen LogP contribution in [0.3, 0.4) is 0 Å². The maximum absolute atomic E-state index is 5.73. The van der Waals surface area contributed by atoms with Gasteiger partial charge in [-0.15, -0.1) is 11.3 Å². The van der Waals surface area contributed by atoms with Gasteiger partial charge in [-0.1, -0.05) is 23.4 Å². The molecule has 6 heteroatoms. The predicted molar refractivity (Wildman–Crippen MR) is 62.7 cm³/mol. The summed E-state index contributed by atoms with van der Waals surface area (Å²) in [5.41, 5.74) is 1.90. The van der Waals surface area contributed by atoms with Crippen LogP contribution in [-0.4, -0.2) is 9.97 Å². The highest BCUT2D eigenvalue weighted by Crippen LogP contribution is 2.25. The van der Waals surface area contributed by atoms with Crippen molar-refractivity contribution in [3.05, 3.63) is 27.0 Å². The molecule has 2 rings (SSSR count). The number of hydrogen-bond acceptors (Lipinski definition) is 5. The largest absolute Gasteiger partial charge is 0.437 e. The Balaban J connectivity index is 1.99. The van der Waals surface area contributed by atoms with Gasteiger partial charge in [0.1, 0.15) is 5.76 Å². The van der Waals surface area contributed by atoms with Crippen molar-refractivity contribution in [1.82, 2.24) is 9.97 Å². The third kappa shape index (κ3) is 2.74. The molecule has 0 amide bonds. The second-order valence-electron chi connectivity index (χ2n) is 3.00. The summed E-state index contributed by atoms with van der Waals surface area (Å²) < 4.78 is 6.01. The van der Waals surface area contributed by atoms with Crippen molar-refractivity contribution in [2.75, 3.05) is 0 Å². The molecule has 0 aliphatic heterocycles. The van der Waals surface area contributed by atoms with Gasteiger partial charge in [0, 0.05) is 11.1 Å². The van der Waals surface area contributed by atoms with Gasteiger partial charge in [0.25, 0.3) is 5.22 Å². The van der Waals surface area contributed by atoms with E-state index < -0.39 is 0 Å². The monoisotopic (exact) mass is 260 g/mol. The van der Waals surface area contributed by atoms with Crippen LogP contribution in [0.4, 0.5) is 0 Å². The first kappa shape index (κ1) is 11.0. The molecule has 2 heterocycles. The number of halogens is 1.